The Morgan fingerprint density at radius 3 is 2.15 bits per heavy atom. The molecule has 0 saturated carbocycles. The molecule has 3 rings (SSSR count). The van der Waals surface area contributed by atoms with Crippen molar-refractivity contribution in [2.45, 2.75) is 50.5 Å². The molecular weight excluding hydrogens is 338 g/mol. The molecule has 3 heterocycles. The highest BCUT2D eigenvalue weighted by molar-refractivity contribution is 5.81. The Labute approximate surface area is 153 Å². The van der Waals surface area contributed by atoms with Gasteiger partial charge in [0.25, 0.3) is 0 Å². The van der Waals surface area contributed by atoms with Gasteiger partial charge in [0.15, 0.2) is 0 Å². The van der Waals surface area contributed by atoms with E-state index >= 15 is 0 Å². The fourth-order valence-electron chi connectivity index (χ4n) is 4.20. The topological polar surface area (TPSA) is 99.2 Å². The molecule has 0 unspecified atom stereocenters. The average molecular weight is 367 g/mol. The van der Waals surface area contributed by atoms with Crippen molar-refractivity contribution in [3.05, 3.63) is 0 Å². The van der Waals surface area contributed by atoms with E-state index in [9.17, 15) is 19.5 Å². The first-order valence-electron chi connectivity index (χ1n) is 9.64. The van der Waals surface area contributed by atoms with E-state index in [1.807, 2.05) is 9.80 Å². The highest BCUT2D eigenvalue weighted by Gasteiger charge is 2.39. The molecule has 3 saturated heterocycles. The summed E-state index contributed by atoms with van der Waals surface area (Å²) in [6.07, 6.45) is 4.37. The highest BCUT2D eigenvalue weighted by atomic mass is 16.5. The normalized spacial score (nSPS) is 23.7. The van der Waals surface area contributed by atoms with Crippen LogP contribution in [0.4, 0.5) is 4.79 Å². The van der Waals surface area contributed by atoms with E-state index in [1.165, 1.54) is 0 Å². The van der Waals surface area contributed by atoms with Gasteiger partial charge in [-0.1, -0.05) is 0 Å². The number of likely N-dealkylation sites (tertiary alicyclic amines) is 2. The van der Waals surface area contributed by atoms with Gasteiger partial charge < -0.3 is 25.0 Å². The lowest BCUT2D eigenvalue weighted by Gasteiger charge is -2.39. The summed E-state index contributed by atoms with van der Waals surface area (Å²) in [7, 11) is 0. The number of carbonyl (C=O) groups excluding carboxylic acids is 2. The predicted octanol–water partition coefficient (Wildman–Crippen LogP) is 1.05. The summed E-state index contributed by atoms with van der Waals surface area (Å²) in [5, 5.41) is 12.2. The summed E-state index contributed by atoms with van der Waals surface area (Å²) in [4.78, 5) is 40.1. The van der Waals surface area contributed by atoms with Crippen LogP contribution in [0.2, 0.25) is 0 Å². The van der Waals surface area contributed by atoms with Gasteiger partial charge in [-0.05, 0) is 38.5 Å². The van der Waals surface area contributed by atoms with Crippen LogP contribution in [0.3, 0.4) is 0 Å². The standard InChI is InChI=1S/C18H29N3O5/c22-15(23)13-18(5-11-26-12-6-18)19-16(24)14-3-9-21(10-4-14)17(25)20-7-1-2-8-20/h14H,1-13H2,(H,19,24)(H,22,23). The van der Waals surface area contributed by atoms with Gasteiger partial charge in [-0.25, -0.2) is 4.79 Å². The van der Waals surface area contributed by atoms with E-state index < -0.39 is 11.5 Å². The fourth-order valence-corrected chi connectivity index (χ4v) is 4.20. The zero-order valence-corrected chi connectivity index (χ0v) is 15.2. The molecule has 146 valence electrons. The van der Waals surface area contributed by atoms with Crippen molar-refractivity contribution in [2.75, 3.05) is 39.4 Å². The van der Waals surface area contributed by atoms with Crippen molar-refractivity contribution in [1.82, 2.24) is 15.1 Å². The molecule has 8 nitrogen and oxygen atoms in total. The Balaban J connectivity index is 1.52. The van der Waals surface area contributed by atoms with Crippen molar-refractivity contribution in [3.8, 4) is 0 Å². The molecule has 0 aromatic heterocycles. The van der Waals surface area contributed by atoms with Crippen molar-refractivity contribution >= 4 is 17.9 Å². The molecule has 3 aliphatic heterocycles. The monoisotopic (exact) mass is 367 g/mol. The smallest absolute Gasteiger partial charge is 0.319 e. The van der Waals surface area contributed by atoms with E-state index in [0.717, 1.165) is 25.9 Å². The number of hydrogen-bond donors (Lipinski definition) is 2. The lowest BCUT2D eigenvalue weighted by molar-refractivity contribution is -0.141. The van der Waals surface area contributed by atoms with Crippen molar-refractivity contribution < 1.29 is 24.2 Å². The van der Waals surface area contributed by atoms with Gasteiger partial charge in [-0.15, -0.1) is 0 Å². The van der Waals surface area contributed by atoms with Gasteiger partial charge in [-0.2, -0.15) is 0 Å². The number of carboxylic acid groups (broad SMARTS) is 1. The zero-order valence-electron chi connectivity index (χ0n) is 15.2. The van der Waals surface area contributed by atoms with Crippen LogP contribution in [0.15, 0.2) is 0 Å². The quantitative estimate of drug-likeness (QED) is 0.774. The number of carbonyl (C=O) groups is 3. The maximum absolute atomic E-state index is 12.7. The van der Waals surface area contributed by atoms with Gasteiger partial charge in [0.1, 0.15) is 0 Å². The molecule has 8 heteroatoms. The first-order chi connectivity index (χ1) is 12.5. The Morgan fingerprint density at radius 2 is 1.58 bits per heavy atom. The number of piperidine rings is 1. The van der Waals surface area contributed by atoms with Crippen molar-refractivity contribution in [1.29, 1.82) is 0 Å². The SMILES string of the molecule is O=C(O)CC1(NC(=O)C2CCN(C(=O)N3CCCC3)CC2)CCOCC1. The maximum atomic E-state index is 12.7. The van der Waals surface area contributed by atoms with Crippen molar-refractivity contribution in [3.63, 3.8) is 0 Å². The van der Waals surface area contributed by atoms with Gasteiger partial charge in [0, 0.05) is 45.3 Å². The van der Waals surface area contributed by atoms with E-state index in [4.69, 9.17) is 4.74 Å². The molecule has 2 N–H and O–H groups in total. The number of aliphatic carboxylic acids is 1. The summed E-state index contributed by atoms with van der Waals surface area (Å²) in [5.41, 5.74) is -0.705. The Kier molecular flexibility index (Phi) is 6.01. The summed E-state index contributed by atoms with van der Waals surface area (Å²) in [6.45, 7) is 3.77. The minimum Gasteiger partial charge on any atom is -0.481 e. The number of hydrogen-bond acceptors (Lipinski definition) is 4. The second-order valence-corrected chi connectivity index (χ2v) is 7.69. The van der Waals surface area contributed by atoms with E-state index in [0.29, 0.717) is 52.0 Å². The van der Waals surface area contributed by atoms with Crippen LogP contribution in [0.5, 0.6) is 0 Å². The number of rotatable bonds is 4. The number of amides is 3. The molecule has 0 radical (unpaired) electrons. The van der Waals surface area contributed by atoms with Crippen LogP contribution in [-0.2, 0) is 14.3 Å². The van der Waals surface area contributed by atoms with E-state index in [2.05, 4.69) is 5.32 Å². The van der Waals surface area contributed by atoms with Crippen LogP contribution < -0.4 is 5.32 Å². The highest BCUT2D eigenvalue weighted by Crippen LogP contribution is 2.27. The molecule has 0 aromatic rings. The number of ether oxygens (including phenoxy) is 1. The molecule has 3 amide bonds. The molecule has 3 fully saturated rings. The second kappa shape index (κ2) is 8.24. The number of nitrogens with one attached hydrogen (secondary N) is 1. The first kappa shape index (κ1) is 18.9. The van der Waals surface area contributed by atoms with Crippen LogP contribution in [0, 0.1) is 5.92 Å². The molecule has 0 spiro atoms. The third-order valence-corrected chi connectivity index (χ3v) is 5.84. The summed E-state index contributed by atoms with van der Waals surface area (Å²) in [6, 6.07) is 0.0909. The van der Waals surface area contributed by atoms with Crippen LogP contribution in [-0.4, -0.2) is 77.7 Å². The fraction of sp³-hybridized carbons (Fsp3) is 0.833. The van der Waals surface area contributed by atoms with Crippen LogP contribution in [0.25, 0.3) is 0 Å². The maximum Gasteiger partial charge on any atom is 0.319 e. The molecule has 0 atom stereocenters. The number of carboxylic acids is 1. The molecular formula is C18H29N3O5. The Hall–Kier alpha value is -1.83. The Morgan fingerprint density at radius 1 is 1.00 bits per heavy atom. The first-order valence-corrected chi connectivity index (χ1v) is 9.64. The largest absolute Gasteiger partial charge is 0.481 e. The summed E-state index contributed by atoms with van der Waals surface area (Å²) in [5.74, 6) is -1.15. The van der Waals surface area contributed by atoms with Gasteiger partial charge in [0.2, 0.25) is 5.91 Å². The minimum absolute atomic E-state index is 0.0750. The second-order valence-electron chi connectivity index (χ2n) is 7.69. The number of nitrogens with zero attached hydrogens (tertiary/aromatic N) is 2. The lowest BCUT2D eigenvalue weighted by Crippen LogP contribution is -2.56. The summed E-state index contributed by atoms with van der Waals surface area (Å²) < 4.78 is 5.33. The average Bonchev–Trinajstić information content (AvgIpc) is 3.16. The molecule has 0 aliphatic carbocycles. The van der Waals surface area contributed by atoms with Gasteiger partial charge in [-0.3, -0.25) is 9.59 Å². The third-order valence-electron chi connectivity index (χ3n) is 5.84. The molecule has 0 bridgehead atoms. The van der Waals surface area contributed by atoms with Crippen LogP contribution >= 0.6 is 0 Å². The van der Waals surface area contributed by atoms with Gasteiger partial charge in [0.05, 0.1) is 12.0 Å². The summed E-state index contributed by atoms with van der Waals surface area (Å²) >= 11 is 0. The van der Waals surface area contributed by atoms with Crippen molar-refractivity contribution in [2.24, 2.45) is 5.92 Å². The molecule has 0 aromatic carbocycles. The zero-order chi connectivity index (χ0) is 18.6. The third kappa shape index (κ3) is 4.47. The van der Waals surface area contributed by atoms with Gasteiger partial charge >= 0.3 is 12.0 Å². The molecule has 3 aliphatic rings. The van der Waals surface area contributed by atoms with Crippen LogP contribution in [0.1, 0.15) is 44.9 Å². The van der Waals surface area contributed by atoms with E-state index in [-0.39, 0.29) is 24.3 Å². The predicted molar refractivity (Wildman–Crippen MR) is 93.7 cm³/mol. The molecule has 26 heavy (non-hydrogen) atoms. The Bertz CT molecular complexity index is 533. The van der Waals surface area contributed by atoms with E-state index in [1.54, 1.807) is 0 Å². The lowest BCUT2D eigenvalue weighted by atomic mass is 9.85. The number of urea groups is 1. The minimum atomic E-state index is -0.904.